The van der Waals surface area contributed by atoms with E-state index >= 15 is 0 Å². The van der Waals surface area contributed by atoms with Crippen LogP contribution < -0.4 is 10.9 Å². The lowest BCUT2D eigenvalue weighted by Crippen LogP contribution is -2.32. The number of halogens is 1. The van der Waals surface area contributed by atoms with E-state index in [1.807, 2.05) is 20.8 Å². The average Bonchev–Trinajstić information content (AvgIpc) is 3.08. The summed E-state index contributed by atoms with van der Waals surface area (Å²) in [5, 5.41) is 6.87. The predicted octanol–water partition coefficient (Wildman–Crippen LogP) is 3.37. The van der Waals surface area contributed by atoms with Crippen LogP contribution in [0.25, 0.3) is 5.69 Å². The van der Waals surface area contributed by atoms with Crippen molar-refractivity contribution in [2.45, 2.75) is 40.2 Å². The number of aromatic amines is 1. The molecule has 0 aliphatic carbocycles. The Labute approximate surface area is 162 Å². The van der Waals surface area contributed by atoms with Gasteiger partial charge in [0.25, 0.3) is 11.5 Å². The smallest absolute Gasteiger partial charge is 0.261 e. The van der Waals surface area contributed by atoms with Crippen molar-refractivity contribution in [1.82, 2.24) is 20.1 Å². The average molecular weight is 382 g/mol. The monoisotopic (exact) mass is 382 g/mol. The van der Waals surface area contributed by atoms with Gasteiger partial charge < -0.3 is 10.3 Å². The third-order valence-electron chi connectivity index (χ3n) is 4.72. The summed E-state index contributed by atoms with van der Waals surface area (Å²) < 4.78 is 16.0. The van der Waals surface area contributed by atoms with Crippen LogP contribution >= 0.6 is 0 Å². The number of rotatable bonds is 5. The summed E-state index contributed by atoms with van der Waals surface area (Å²) in [6.45, 7) is 7.40. The molecule has 0 aliphatic heterocycles. The van der Waals surface area contributed by atoms with E-state index in [4.69, 9.17) is 0 Å². The number of aryl methyl sites for hydroxylation is 3. The highest BCUT2D eigenvalue weighted by Gasteiger charge is 2.17. The van der Waals surface area contributed by atoms with Crippen molar-refractivity contribution >= 4 is 5.91 Å². The Bertz CT molecular complexity index is 1080. The number of carbonyl (C=O) groups is 1. The van der Waals surface area contributed by atoms with Crippen molar-refractivity contribution in [3.8, 4) is 5.69 Å². The molecule has 6 nitrogen and oxygen atoms in total. The maximum Gasteiger partial charge on any atom is 0.261 e. The predicted molar refractivity (Wildman–Crippen MR) is 105 cm³/mol. The summed E-state index contributed by atoms with van der Waals surface area (Å²) in [7, 11) is 0. The summed E-state index contributed by atoms with van der Waals surface area (Å²) in [4.78, 5) is 27.5. The quantitative estimate of drug-likeness (QED) is 0.710. The van der Waals surface area contributed by atoms with Gasteiger partial charge in [0.05, 0.1) is 12.2 Å². The van der Waals surface area contributed by atoms with Crippen molar-refractivity contribution in [1.29, 1.82) is 0 Å². The second kappa shape index (κ2) is 7.80. The van der Waals surface area contributed by atoms with Gasteiger partial charge in [-0.3, -0.25) is 9.59 Å². The van der Waals surface area contributed by atoms with E-state index in [-0.39, 0.29) is 5.56 Å². The number of H-pyrrole nitrogens is 1. The topological polar surface area (TPSA) is 79.8 Å². The van der Waals surface area contributed by atoms with E-state index in [2.05, 4.69) is 15.4 Å². The van der Waals surface area contributed by atoms with Crippen LogP contribution in [0.5, 0.6) is 0 Å². The molecule has 3 rings (SSSR count). The number of pyridine rings is 1. The Kier molecular flexibility index (Phi) is 5.44. The van der Waals surface area contributed by atoms with Gasteiger partial charge in [-0.2, -0.15) is 5.10 Å². The molecule has 0 saturated carbocycles. The first-order valence-corrected chi connectivity index (χ1v) is 9.15. The third kappa shape index (κ3) is 3.88. The van der Waals surface area contributed by atoms with Gasteiger partial charge >= 0.3 is 0 Å². The van der Waals surface area contributed by atoms with Crippen molar-refractivity contribution < 1.29 is 9.18 Å². The highest BCUT2D eigenvalue weighted by atomic mass is 19.1. The van der Waals surface area contributed by atoms with E-state index in [1.54, 1.807) is 37.5 Å². The van der Waals surface area contributed by atoms with E-state index in [0.717, 1.165) is 16.8 Å². The van der Waals surface area contributed by atoms with E-state index in [9.17, 15) is 14.0 Å². The minimum Gasteiger partial charge on any atom is -0.345 e. The van der Waals surface area contributed by atoms with E-state index < -0.39 is 23.3 Å². The van der Waals surface area contributed by atoms with Crippen LogP contribution in [0, 0.1) is 19.7 Å². The number of benzene rings is 1. The van der Waals surface area contributed by atoms with Gasteiger partial charge in [0, 0.05) is 11.9 Å². The molecule has 2 aromatic heterocycles. The number of carbonyl (C=O) groups excluding carboxylic acids is 1. The van der Waals surface area contributed by atoms with Crippen LogP contribution in [0.4, 0.5) is 4.39 Å². The largest absolute Gasteiger partial charge is 0.345 e. The minimum atomic E-state index is -0.494. The molecule has 0 bridgehead atoms. The molecule has 1 aromatic carbocycles. The first-order valence-electron chi connectivity index (χ1n) is 9.15. The standard InChI is InChI=1S/C21H23FN4O2/c1-5-18-13(3)8-16(21(28)25-18)20(27)24-14(4)15-6-7-19(17(22)9-15)26-11-12(2)10-23-26/h6-11,14H,5H2,1-4H3,(H,24,27)(H,25,28). The van der Waals surface area contributed by atoms with Crippen molar-refractivity contribution in [2.75, 3.05) is 0 Å². The molecule has 146 valence electrons. The van der Waals surface area contributed by atoms with Gasteiger partial charge in [-0.05, 0) is 62.1 Å². The highest BCUT2D eigenvalue weighted by molar-refractivity contribution is 5.94. The summed E-state index contributed by atoms with van der Waals surface area (Å²) in [5.74, 6) is -0.936. The van der Waals surface area contributed by atoms with E-state index in [1.165, 1.54) is 10.7 Å². The molecule has 0 saturated heterocycles. The SMILES string of the molecule is CCc1[nH]c(=O)c(C(=O)NC(C)c2ccc(-n3cc(C)cn3)c(F)c2)cc1C. The first kappa shape index (κ1) is 19.5. The molecule has 3 aromatic rings. The highest BCUT2D eigenvalue weighted by Crippen LogP contribution is 2.20. The molecule has 0 radical (unpaired) electrons. The van der Waals surface area contributed by atoms with Crippen LogP contribution in [0.15, 0.2) is 41.5 Å². The molecule has 0 spiro atoms. The molecule has 2 N–H and O–H groups in total. The first-order chi connectivity index (χ1) is 13.3. The van der Waals surface area contributed by atoms with E-state index in [0.29, 0.717) is 17.7 Å². The molecular weight excluding hydrogens is 359 g/mol. The lowest BCUT2D eigenvalue weighted by molar-refractivity contribution is 0.0938. The zero-order valence-electron chi connectivity index (χ0n) is 16.3. The fraction of sp³-hybridized carbons (Fsp3) is 0.286. The second-order valence-electron chi connectivity index (χ2n) is 6.90. The normalized spacial score (nSPS) is 12.0. The van der Waals surface area contributed by atoms with Crippen LogP contribution in [-0.2, 0) is 6.42 Å². The van der Waals surface area contributed by atoms with Crippen molar-refractivity contribution in [2.24, 2.45) is 0 Å². The number of hydrogen-bond acceptors (Lipinski definition) is 3. The van der Waals surface area contributed by atoms with Crippen molar-refractivity contribution in [3.05, 3.63) is 80.8 Å². The zero-order valence-corrected chi connectivity index (χ0v) is 16.3. The molecule has 1 unspecified atom stereocenters. The second-order valence-corrected chi connectivity index (χ2v) is 6.90. The summed E-state index contributed by atoms with van der Waals surface area (Å²) in [5.41, 5.74) is 3.13. The Hall–Kier alpha value is -3.22. The van der Waals surface area contributed by atoms with Crippen LogP contribution in [-0.4, -0.2) is 20.7 Å². The Morgan fingerprint density at radius 1 is 1.32 bits per heavy atom. The zero-order chi connectivity index (χ0) is 20.4. The summed E-state index contributed by atoms with van der Waals surface area (Å²) >= 11 is 0. The Morgan fingerprint density at radius 3 is 2.68 bits per heavy atom. The van der Waals surface area contributed by atoms with Gasteiger partial charge in [0.2, 0.25) is 0 Å². The minimum absolute atomic E-state index is 0.0469. The van der Waals surface area contributed by atoms with Gasteiger partial charge in [-0.15, -0.1) is 0 Å². The Morgan fingerprint density at radius 2 is 2.07 bits per heavy atom. The fourth-order valence-corrected chi connectivity index (χ4v) is 3.09. The Balaban J connectivity index is 1.80. The van der Waals surface area contributed by atoms with Gasteiger partial charge in [0.1, 0.15) is 17.1 Å². The summed E-state index contributed by atoms with van der Waals surface area (Å²) in [6, 6.07) is 5.83. The molecule has 7 heteroatoms. The van der Waals surface area contributed by atoms with Gasteiger partial charge in [0.15, 0.2) is 0 Å². The molecule has 1 amide bonds. The number of hydrogen-bond donors (Lipinski definition) is 2. The third-order valence-corrected chi connectivity index (χ3v) is 4.72. The molecule has 2 heterocycles. The molecule has 28 heavy (non-hydrogen) atoms. The number of nitrogens with one attached hydrogen (secondary N) is 2. The maximum atomic E-state index is 14.5. The lowest BCUT2D eigenvalue weighted by atomic mass is 10.1. The van der Waals surface area contributed by atoms with Crippen molar-refractivity contribution in [3.63, 3.8) is 0 Å². The molecule has 1 atom stereocenters. The van der Waals surface area contributed by atoms with Crippen LogP contribution in [0.3, 0.4) is 0 Å². The molecular formula is C21H23FN4O2. The fourth-order valence-electron chi connectivity index (χ4n) is 3.09. The lowest BCUT2D eigenvalue weighted by Gasteiger charge is -2.16. The summed E-state index contributed by atoms with van der Waals surface area (Å²) in [6.07, 6.45) is 4.07. The number of nitrogens with zero attached hydrogens (tertiary/aromatic N) is 2. The van der Waals surface area contributed by atoms with Crippen LogP contribution in [0.2, 0.25) is 0 Å². The van der Waals surface area contributed by atoms with Gasteiger partial charge in [-0.1, -0.05) is 13.0 Å². The molecule has 0 aliphatic rings. The maximum absolute atomic E-state index is 14.5. The number of amides is 1. The van der Waals surface area contributed by atoms with Crippen LogP contribution in [0.1, 0.15) is 52.6 Å². The van der Waals surface area contributed by atoms with Gasteiger partial charge in [-0.25, -0.2) is 9.07 Å². The number of aromatic nitrogens is 3. The molecule has 0 fully saturated rings.